The summed E-state index contributed by atoms with van der Waals surface area (Å²) in [6, 6.07) is 4.43. The Hall–Kier alpha value is -0.370. The summed E-state index contributed by atoms with van der Waals surface area (Å²) in [6.07, 6.45) is 3.73. The minimum atomic E-state index is -0.648. The van der Waals surface area contributed by atoms with Crippen LogP contribution in [0.5, 0.6) is 0 Å². The molecule has 1 aliphatic heterocycles. The zero-order valence-corrected chi connectivity index (χ0v) is 16.2. The summed E-state index contributed by atoms with van der Waals surface area (Å²) in [7, 11) is 0. The molecule has 1 aliphatic carbocycles. The van der Waals surface area contributed by atoms with Crippen molar-refractivity contribution < 1.29 is 9.53 Å². The second kappa shape index (κ2) is 9.94. The first-order valence-electron chi connectivity index (χ1n) is 8.11. The second-order valence-corrected chi connectivity index (χ2v) is 7.23. The van der Waals surface area contributed by atoms with Gasteiger partial charge in [-0.1, -0.05) is 18.9 Å². The number of morpholine rings is 1. The maximum atomic E-state index is 12.4. The van der Waals surface area contributed by atoms with E-state index in [2.05, 4.69) is 27.7 Å². The Kier molecular flexibility index (Phi) is 8.98. The molecule has 1 atom stereocenters. The van der Waals surface area contributed by atoms with E-state index >= 15 is 0 Å². The zero-order valence-electron chi connectivity index (χ0n) is 13.7. The van der Waals surface area contributed by atoms with E-state index in [1.165, 1.54) is 4.88 Å². The Morgan fingerprint density at radius 2 is 2.00 bits per heavy atom. The normalized spacial score (nSPS) is 21.4. The molecule has 2 aliphatic rings. The Morgan fingerprint density at radius 3 is 2.58 bits per heavy atom. The molecule has 0 radical (unpaired) electrons. The van der Waals surface area contributed by atoms with Gasteiger partial charge in [-0.25, -0.2) is 0 Å². The molecule has 1 amide bonds. The van der Waals surface area contributed by atoms with Crippen LogP contribution >= 0.6 is 36.2 Å². The lowest BCUT2D eigenvalue weighted by atomic mass is 9.98. The maximum absolute atomic E-state index is 12.4. The highest BCUT2D eigenvalue weighted by Gasteiger charge is 2.37. The highest BCUT2D eigenvalue weighted by Crippen LogP contribution is 2.28. The van der Waals surface area contributed by atoms with Crippen LogP contribution in [0.3, 0.4) is 0 Å². The molecule has 5 nitrogen and oxygen atoms in total. The van der Waals surface area contributed by atoms with Crippen LogP contribution in [0.1, 0.15) is 36.6 Å². The fourth-order valence-electron chi connectivity index (χ4n) is 3.38. The van der Waals surface area contributed by atoms with E-state index in [-0.39, 0.29) is 36.8 Å². The number of carbonyl (C=O) groups excluding carboxylic acids is 1. The van der Waals surface area contributed by atoms with Gasteiger partial charge in [0, 0.05) is 24.5 Å². The number of nitrogens with zero attached hydrogens (tertiary/aromatic N) is 1. The summed E-state index contributed by atoms with van der Waals surface area (Å²) < 4.78 is 5.44. The summed E-state index contributed by atoms with van der Waals surface area (Å²) in [5.74, 6) is 0.0137. The molecule has 3 rings (SSSR count). The number of nitrogens with one attached hydrogen (secondary N) is 1. The van der Waals surface area contributed by atoms with Gasteiger partial charge in [0.2, 0.25) is 5.91 Å². The quantitative estimate of drug-likeness (QED) is 0.802. The first kappa shape index (κ1) is 21.7. The second-order valence-electron chi connectivity index (χ2n) is 6.25. The SMILES string of the molecule is Cl.Cl.NC1(C(=O)NCC(c2cccs2)N2CCOCC2)CCCC1. The number of ether oxygens (including phenoxy) is 1. The standard InChI is InChI=1S/C16H25N3O2S.2ClH/c17-16(5-1-2-6-16)15(20)18-12-13(14-4-3-11-22-14)19-7-9-21-10-8-19;;/h3-4,11,13H,1-2,5-10,12,17H2,(H,18,20);2*1H. The van der Waals surface area contributed by atoms with Crippen LogP contribution in [-0.4, -0.2) is 49.2 Å². The van der Waals surface area contributed by atoms with Gasteiger partial charge in [0.05, 0.1) is 24.8 Å². The Balaban J connectivity index is 0.00000144. The fourth-order valence-corrected chi connectivity index (χ4v) is 4.24. The van der Waals surface area contributed by atoms with Crippen LogP contribution in [0.15, 0.2) is 17.5 Å². The molecule has 2 heterocycles. The first-order chi connectivity index (χ1) is 10.7. The molecule has 1 aromatic rings. The molecule has 24 heavy (non-hydrogen) atoms. The van der Waals surface area contributed by atoms with Gasteiger partial charge >= 0.3 is 0 Å². The molecule has 138 valence electrons. The van der Waals surface area contributed by atoms with Crippen molar-refractivity contribution in [2.75, 3.05) is 32.8 Å². The number of hydrogen-bond acceptors (Lipinski definition) is 5. The third-order valence-electron chi connectivity index (χ3n) is 4.76. The van der Waals surface area contributed by atoms with Gasteiger partial charge in [-0.3, -0.25) is 9.69 Å². The topological polar surface area (TPSA) is 67.6 Å². The Morgan fingerprint density at radius 1 is 1.33 bits per heavy atom. The lowest BCUT2D eigenvalue weighted by Gasteiger charge is -2.34. The van der Waals surface area contributed by atoms with Crippen molar-refractivity contribution in [2.24, 2.45) is 5.73 Å². The number of nitrogens with two attached hydrogens (primary N) is 1. The average molecular weight is 396 g/mol. The third-order valence-corrected chi connectivity index (χ3v) is 5.74. The minimum absolute atomic E-state index is 0. The number of amides is 1. The van der Waals surface area contributed by atoms with Gasteiger partial charge in [0.25, 0.3) is 0 Å². The van der Waals surface area contributed by atoms with Crippen molar-refractivity contribution in [3.05, 3.63) is 22.4 Å². The van der Waals surface area contributed by atoms with E-state index in [9.17, 15) is 4.79 Å². The maximum Gasteiger partial charge on any atom is 0.240 e. The van der Waals surface area contributed by atoms with E-state index in [4.69, 9.17) is 10.5 Å². The van der Waals surface area contributed by atoms with E-state index in [0.717, 1.165) is 52.0 Å². The fraction of sp³-hybridized carbons (Fsp3) is 0.688. The van der Waals surface area contributed by atoms with Gasteiger partial charge in [0.15, 0.2) is 0 Å². The summed E-state index contributed by atoms with van der Waals surface area (Å²) in [6.45, 7) is 3.96. The monoisotopic (exact) mass is 395 g/mol. The van der Waals surface area contributed by atoms with Crippen LogP contribution in [-0.2, 0) is 9.53 Å². The van der Waals surface area contributed by atoms with Crippen LogP contribution in [0, 0.1) is 0 Å². The third kappa shape index (κ3) is 5.07. The van der Waals surface area contributed by atoms with Crippen LogP contribution in [0.25, 0.3) is 0 Å². The van der Waals surface area contributed by atoms with Crippen molar-refractivity contribution >= 4 is 42.1 Å². The number of carbonyl (C=O) groups is 1. The average Bonchev–Trinajstić information content (AvgIpc) is 3.21. The van der Waals surface area contributed by atoms with E-state index in [1.807, 2.05) is 0 Å². The summed E-state index contributed by atoms with van der Waals surface area (Å²) in [5.41, 5.74) is 5.60. The molecule has 0 spiro atoms. The van der Waals surface area contributed by atoms with Gasteiger partial charge in [0.1, 0.15) is 0 Å². The highest BCUT2D eigenvalue weighted by molar-refractivity contribution is 7.10. The van der Waals surface area contributed by atoms with Gasteiger partial charge < -0.3 is 15.8 Å². The number of rotatable bonds is 5. The van der Waals surface area contributed by atoms with Crippen LogP contribution < -0.4 is 11.1 Å². The molecule has 0 bridgehead atoms. The summed E-state index contributed by atoms with van der Waals surface area (Å²) in [5, 5.41) is 5.20. The molecule has 2 fully saturated rings. The van der Waals surface area contributed by atoms with Crippen LogP contribution in [0.2, 0.25) is 0 Å². The van der Waals surface area contributed by atoms with Crippen molar-refractivity contribution in [1.29, 1.82) is 0 Å². The lowest BCUT2D eigenvalue weighted by Crippen LogP contribution is -2.53. The van der Waals surface area contributed by atoms with Crippen molar-refractivity contribution in [1.82, 2.24) is 10.2 Å². The Labute approximate surface area is 160 Å². The zero-order chi connectivity index (χ0) is 15.4. The van der Waals surface area contributed by atoms with E-state index < -0.39 is 5.54 Å². The molecule has 1 aromatic heterocycles. The van der Waals surface area contributed by atoms with E-state index in [1.54, 1.807) is 11.3 Å². The van der Waals surface area contributed by atoms with Crippen LogP contribution in [0.4, 0.5) is 0 Å². The molecule has 1 saturated heterocycles. The van der Waals surface area contributed by atoms with Gasteiger partial charge in [-0.2, -0.15) is 0 Å². The summed E-state index contributed by atoms with van der Waals surface area (Å²) in [4.78, 5) is 16.1. The molecular formula is C16H27Cl2N3O2S. The molecule has 3 N–H and O–H groups in total. The molecule has 0 aromatic carbocycles. The minimum Gasteiger partial charge on any atom is -0.379 e. The predicted octanol–water partition coefficient (Wildman–Crippen LogP) is 2.35. The number of hydrogen-bond donors (Lipinski definition) is 2. The largest absolute Gasteiger partial charge is 0.379 e. The molecule has 8 heteroatoms. The number of thiophene rings is 1. The lowest BCUT2D eigenvalue weighted by molar-refractivity contribution is -0.126. The number of halogens is 2. The highest BCUT2D eigenvalue weighted by atomic mass is 35.5. The molecular weight excluding hydrogens is 369 g/mol. The van der Waals surface area contributed by atoms with Gasteiger partial charge in [-0.05, 0) is 24.3 Å². The predicted molar refractivity (Wildman–Crippen MR) is 102 cm³/mol. The summed E-state index contributed by atoms with van der Waals surface area (Å²) >= 11 is 1.74. The Bertz CT molecular complexity index is 490. The molecule has 1 saturated carbocycles. The van der Waals surface area contributed by atoms with E-state index in [0.29, 0.717) is 6.54 Å². The van der Waals surface area contributed by atoms with Crippen molar-refractivity contribution in [2.45, 2.75) is 37.3 Å². The first-order valence-corrected chi connectivity index (χ1v) is 8.99. The van der Waals surface area contributed by atoms with Gasteiger partial charge in [-0.15, -0.1) is 36.2 Å². The molecule has 1 unspecified atom stereocenters. The van der Waals surface area contributed by atoms with Crippen molar-refractivity contribution in [3.63, 3.8) is 0 Å². The smallest absolute Gasteiger partial charge is 0.240 e. The van der Waals surface area contributed by atoms with Crippen molar-refractivity contribution in [3.8, 4) is 0 Å².